The molecule has 0 aromatic rings. The molecule has 0 amide bonds. The highest BCUT2D eigenvalue weighted by molar-refractivity contribution is 5.85. The Morgan fingerprint density at radius 2 is 0.750 bits per heavy atom. The molecule has 6 rings (SSSR count). The molecule has 0 heterocycles. The van der Waals surface area contributed by atoms with Crippen molar-refractivity contribution in [2.24, 2.45) is 47.0 Å². The molecule has 4 heteroatoms. The molecule has 4 N–H and O–H groups in total. The van der Waals surface area contributed by atoms with Gasteiger partial charge in [0.1, 0.15) is 0 Å². The highest BCUT2D eigenvalue weighted by atomic mass is 35.5. The van der Waals surface area contributed by atoms with Crippen molar-refractivity contribution in [3.63, 3.8) is 0 Å². The van der Waals surface area contributed by atoms with Gasteiger partial charge in [-0.2, -0.15) is 0 Å². The fraction of sp³-hybridized carbons (Fsp3) is 1.00. The second-order valence-electron chi connectivity index (χ2n) is 5.15. The lowest BCUT2D eigenvalue weighted by atomic mass is 8.96. The van der Waals surface area contributed by atoms with Crippen LogP contribution in [0.2, 0.25) is 0 Å². The minimum Gasteiger partial charge on any atom is -0.324 e. The molecule has 0 bridgehead atoms. The van der Waals surface area contributed by atoms with Crippen molar-refractivity contribution in [2.45, 2.75) is 11.1 Å². The largest absolute Gasteiger partial charge is 0.324 e. The van der Waals surface area contributed by atoms with E-state index in [1.165, 1.54) is 0 Å². The molecular formula is C8H12Cl2N2. The van der Waals surface area contributed by atoms with Gasteiger partial charge in [-0.1, -0.05) is 0 Å². The summed E-state index contributed by atoms with van der Waals surface area (Å²) in [5.41, 5.74) is 13.1. The van der Waals surface area contributed by atoms with E-state index in [0.717, 1.165) is 35.5 Å². The molecule has 6 aliphatic carbocycles. The Hall–Kier alpha value is 0.500. The van der Waals surface area contributed by atoms with E-state index in [1.54, 1.807) is 0 Å². The first kappa shape index (κ1) is 7.86. The smallest absolute Gasteiger partial charge is 0.0260 e. The van der Waals surface area contributed by atoms with Crippen LogP contribution < -0.4 is 11.5 Å². The van der Waals surface area contributed by atoms with E-state index in [1.807, 2.05) is 0 Å². The molecule has 6 aliphatic rings. The van der Waals surface area contributed by atoms with E-state index in [-0.39, 0.29) is 24.8 Å². The SMILES string of the molecule is Cl.Cl.NC12C3C4C1C1C2C3C41N. The van der Waals surface area contributed by atoms with E-state index < -0.39 is 0 Å². The van der Waals surface area contributed by atoms with Crippen LogP contribution in [0.25, 0.3) is 0 Å². The van der Waals surface area contributed by atoms with Gasteiger partial charge in [0.05, 0.1) is 0 Å². The number of halogens is 2. The third-order valence-electron chi connectivity index (χ3n) is 5.79. The summed E-state index contributed by atoms with van der Waals surface area (Å²) in [4.78, 5) is 0. The van der Waals surface area contributed by atoms with E-state index in [2.05, 4.69) is 0 Å². The van der Waals surface area contributed by atoms with E-state index in [9.17, 15) is 0 Å². The monoisotopic (exact) mass is 206 g/mol. The number of hydrogen-bond donors (Lipinski definition) is 2. The lowest BCUT2D eigenvalue weighted by Crippen LogP contribution is -3.19. The third kappa shape index (κ3) is 0.259. The van der Waals surface area contributed by atoms with Gasteiger partial charge in [0.15, 0.2) is 0 Å². The van der Waals surface area contributed by atoms with Crippen molar-refractivity contribution in [3.05, 3.63) is 0 Å². The first-order valence-electron chi connectivity index (χ1n) is 4.31. The van der Waals surface area contributed by atoms with Crippen LogP contribution >= 0.6 is 24.8 Å². The lowest BCUT2D eigenvalue weighted by Gasteiger charge is -3.10. The maximum Gasteiger partial charge on any atom is 0.0260 e. The van der Waals surface area contributed by atoms with Gasteiger partial charge in [0.25, 0.3) is 0 Å². The van der Waals surface area contributed by atoms with Gasteiger partial charge >= 0.3 is 0 Å². The normalized spacial score (nSPS) is 86.5. The minimum absolute atomic E-state index is 0. The molecule has 68 valence electrons. The zero-order chi connectivity index (χ0) is 6.46. The van der Waals surface area contributed by atoms with Crippen LogP contribution in [-0.2, 0) is 0 Å². The summed E-state index contributed by atoms with van der Waals surface area (Å²) in [7, 11) is 0. The van der Waals surface area contributed by atoms with Crippen LogP contribution in [0.4, 0.5) is 0 Å². The van der Waals surface area contributed by atoms with Gasteiger partial charge < -0.3 is 11.5 Å². The molecule has 0 radical (unpaired) electrons. The minimum atomic E-state index is 0. The van der Waals surface area contributed by atoms with E-state index >= 15 is 0 Å². The zero-order valence-corrected chi connectivity index (χ0v) is 8.07. The molecule has 0 aliphatic heterocycles. The summed E-state index contributed by atoms with van der Waals surface area (Å²) in [6, 6.07) is 0. The second-order valence-corrected chi connectivity index (χ2v) is 5.15. The summed E-state index contributed by atoms with van der Waals surface area (Å²) in [6.07, 6.45) is 0. The van der Waals surface area contributed by atoms with Crippen molar-refractivity contribution in [3.8, 4) is 0 Å². The first-order chi connectivity index (χ1) is 4.73. The van der Waals surface area contributed by atoms with Crippen LogP contribution in [0.15, 0.2) is 0 Å². The lowest BCUT2D eigenvalue weighted by molar-refractivity contribution is -0.579. The third-order valence-corrected chi connectivity index (χ3v) is 5.79. The summed E-state index contributed by atoms with van der Waals surface area (Å²) in [5, 5.41) is 0. The van der Waals surface area contributed by atoms with Crippen LogP contribution in [0.3, 0.4) is 0 Å². The molecule has 0 spiro atoms. The first-order valence-corrected chi connectivity index (χ1v) is 4.31. The fourth-order valence-corrected chi connectivity index (χ4v) is 5.69. The quantitative estimate of drug-likeness (QED) is 0.587. The Morgan fingerprint density at radius 3 is 0.917 bits per heavy atom. The Bertz CT molecular complexity index is 220. The van der Waals surface area contributed by atoms with Crippen molar-refractivity contribution >= 4 is 24.8 Å². The Labute approximate surface area is 83.3 Å². The molecule has 12 heavy (non-hydrogen) atoms. The topological polar surface area (TPSA) is 52.0 Å². The maximum absolute atomic E-state index is 6.19. The van der Waals surface area contributed by atoms with Crippen LogP contribution in [0, 0.1) is 35.5 Å². The van der Waals surface area contributed by atoms with Gasteiger partial charge in [-0.15, -0.1) is 24.8 Å². The van der Waals surface area contributed by atoms with Gasteiger partial charge in [0, 0.05) is 11.1 Å². The highest BCUT2D eigenvalue weighted by Gasteiger charge is 3.08. The predicted molar refractivity (Wildman–Crippen MR) is 49.3 cm³/mol. The summed E-state index contributed by atoms with van der Waals surface area (Å²) in [6.45, 7) is 0. The average molecular weight is 207 g/mol. The second kappa shape index (κ2) is 1.36. The molecule has 0 unspecified atom stereocenters. The van der Waals surface area contributed by atoms with E-state index in [4.69, 9.17) is 11.5 Å². The molecule has 2 nitrogen and oxygen atoms in total. The standard InChI is InChI=1S/C8H10N2.2ClH/c9-7-1-2-4(7)6-5(7)3(1)8(2,6)10;;/h1-6H,9-10H2;2*1H. The average Bonchev–Trinajstić information content (AvgIpc) is 1.99. The van der Waals surface area contributed by atoms with Gasteiger partial charge in [-0.25, -0.2) is 0 Å². The van der Waals surface area contributed by atoms with Gasteiger partial charge in [-0.3, -0.25) is 0 Å². The summed E-state index contributed by atoms with van der Waals surface area (Å²) < 4.78 is 0. The Morgan fingerprint density at radius 1 is 0.583 bits per heavy atom. The van der Waals surface area contributed by atoms with Crippen LogP contribution in [-0.4, -0.2) is 11.1 Å². The number of rotatable bonds is 0. The highest BCUT2D eigenvalue weighted by Crippen LogP contribution is 3.02. The van der Waals surface area contributed by atoms with Gasteiger partial charge in [0.2, 0.25) is 0 Å². The van der Waals surface area contributed by atoms with E-state index in [0.29, 0.717) is 11.1 Å². The number of nitrogens with two attached hydrogens (primary N) is 2. The van der Waals surface area contributed by atoms with Crippen molar-refractivity contribution in [1.29, 1.82) is 0 Å². The maximum atomic E-state index is 6.19. The predicted octanol–water partition coefficient (Wildman–Crippen LogP) is -0.00980. The molecule has 6 saturated carbocycles. The zero-order valence-electron chi connectivity index (χ0n) is 6.44. The van der Waals surface area contributed by atoms with Crippen LogP contribution in [0.5, 0.6) is 0 Å². The molecule has 6 fully saturated rings. The van der Waals surface area contributed by atoms with Crippen molar-refractivity contribution in [2.75, 3.05) is 0 Å². The molecule has 0 aromatic carbocycles. The number of hydrogen-bond acceptors (Lipinski definition) is 2. The molecular weight excluding hydrogens is 195 g/mol. The van der Waals surface area contributed by atoms with Gasteiger partial charge in [-0.05, 0) is 35.5 Å². The van der Waals surface area contributed by atoms with Crippen LogP contribution in [0.1, 0.15) is 0 Å². The summed E-state index contributed by atoms with van der Waals surface area (Å²) >= 11 is 0. The molecule has 0 aromatic heterocycles. The van der Waals surface area contributed by atoms with Crippen molar-refractivity contribution in [1.82, 2.24) is 0 Å². The van der Waals surface area contributed by atoms with Crippen molar-refractivity contribution < 1.29 is 0 Å². The summed E-state index contributed by atoms with van der Waals surface area (Å²) in [5.74, 6) is 5.40. The Kier molecular flexibility index (Phi) is 0.893. The Balaban J connectivity index is 0.000000245. The molecule has 0 atom stereocenters. The fourth-order valence-electron chi connectivity index (χ4n) is 5.69. The molecule has 0 saturated heterocycles.